The van der Waals surface area contributed by atoms with E-state index < -0.39 is 0 Å². The van der Waals surface area contributed by atoms with Crippen molar-refractivity contribution < 1.29 is 4.79 Å². The van der Waals surface area contributed by atoms with E-state index in [1.54, 1.807) is 6.20 Å². The number of amides is 1. The molecule has 5 heteroatoms. The number of aromatic nitrogens is 3. The van der Waals surface area contributed by atoms with Gasteiger partial charge >= 0.3 is 0 Å². The lowest BCUT2D eigenvalue weighted by Gasteiger charge is -2.04. The van der Waals surface area contributed by atoms with E-state index in [1.165, 1.54) is 5.57 Å². The molecule has 0 bridgehead atoms. The quantitative estimate of drug-likeness (QED) is 0.817. The van der Waals surface area contributed by atoms with Crippen molar-refractivity contribution >= 4 is 11.7 Å². The second-order valence-electron chi connectivity index (χ2n) is 7.59. The summed E-state index contributed by atoms with van der Waals surface area (Å²) in [6, 6.07) is 7.75. The highest BCUT2D eigenvalue weighted by Gasteiger charge is 2.60. The Kier molecular flexibility index (Phi) is 4.75. The smallest absolute Gasteiger partial charge is 0.229 e. The fourth-order valence-corrected chi connectivity index (χ4v) is 3.38. The fourth-order valence-electron chi connectivity index (χ4n) is 3.38. The lowest BCUT2D eigenvalue weighted by Crippen LogP contribution is -2.17. The highest BCUT2D eigenvalue weighted by molar-refractivity contribution is 5.95. The Balaban J connectivity index is 1.56. The van der Waals surface area contributed by atoms with Gasteiger partial charge in [-0.15, -0.1) is 0 Å². The summed E-state index contributed by atoms with van der Waals surface area (Å²) in [4.78, 5) is 16.9. The molecule has 0 saturated heterocycles. The van der Waals surface area contributed by atoms with E-state index in [4.69, 9.17) is 0 Å². The zero-order valence-corrected chi connectivity index (χ0v) is 15.4. The van der Waals surface area contributed by atoms with Crippen molar-refractivity contribution in [2.45, 2.75) is 40.7 Å². The van der Waals surface area contributed by atoms with E-state index in [0.29, 0.717) is 11.7 Å². The van der Waals surface area contributed by atoms with E-state index in [2.05, 4.69) is 49.2 Å². The molecule has 2 heterocycles. The molecule has 0 aromatic carbocycles. The lowest BCUT2D eigenvalue weighted by molar-refractivity contribution is -0.118. The van der Waals surface area contributed by atoms with Crippen molar-refractivity contribution in [1.82, 2.24) is 14.8 Å². The van der Waals surface area contributed by atoms with Crippen LogP contribution in [0.4, 0.5) is 5.82 Å². The molecule has 5 nitrogen and oxygen atoms in total. The van der Waals surface area contributed by atoms with Crippen molar-refractivity contribution in [2.24, 2.45) is 17.3 Å². The minimum atomic E-state index is 0.0149. The van der Waals surface area contributed by atoms with Gasteiger partial charge < -0.3 is 5.32 Å². The van der Waals surface area contributed by atoms with Gasteiger partial charge in [-0.05, 0) is 37.3 Å². The van der Waals surface area contributed by atoms with Gasteiger partial charge in [0, 0.05) is 37.1 Å². The Labute approximate surface area is 149 Å². The molecule has 2 aromatic rings. The standard InChI is InChI=1S/C20H26N4O/c1-14(2)13-16-18(20(16,3)4)19(25)22-17-9-12-24(23-17)11-8-15-7-5-6-10-21-15/h5-7,9-10,12-13,16,18H,8,11H2,1-4H3,(H,22,23,25)/t16-,18-/m1/s1. The molecule has 2 atom stereocenters. The van der Waals surface area contributed by atoms with E-state index in [9.17, 15) is 4.79 Å². The Morgan fingerprint density at radius 2 is 2.12 bits per heavy atom. The van der Waals surface area contributed by atoms with Gasteiger partial charge in [-0.1, -0.05) is 31.6 Å². The Morgan fingerprint density at radius 1 is 1.32 bits per heavy atom. The summed E-state index contributed by atoms with van der Waals surface area (Å²) in [6.07, 6.45) is 6.71. The largest absolute Gasteiger partial charge is 0.309 e. The van der Waals surface area contributed by atoms with Crippen molar-refractivity contribution in [3.05, 3.63) is 54.0 Å². The van der Waals surface area contributed by atoms with Crippen LogP contribution in [0.5, 0.6) is 0 Å². The summed E-state index contributed by atoms with van der Waals surface area (Å²) in [5.74, 6) is 0.997. The van der Waals surface area contributed by atoms with Crippen molar-refractivity contribution in [1.29, 1.82) is 0 Å². The molecule has 0 spiro atoms. The highest BCUT2D eigenvalue weighted by atomic mass is 16.2. The van der Waals surface area contributed by atoms with E-state index in [0.717, 1.165) is 18.7 Å². The molecule has 3 rings (SSSR count). The van der Waals surface area contributed by atoms with E-state index in [-0.39, 0.29) is 17.2 Å². The molecule has 0 unspecified atom stereocenters. The van der Waals surface area contributed by atoms with Crippen LogP contribution in [-0.4, -0.2) is 20.7 Å². The third-order valence-electron chi connectivity index (χ3n) is 4.92. The molecular weight excluding hydrogens is 312 g/mol. The molecule has 25 heavy (non-hydrogen) atoms. The first-order valence-corrected chi connectivity index (χ1v) is 8.77. The molecule has 1 saturated carbocycles. The fraction of sp³-hybridized carbons (Fsp3) is 0.450. The summed E-state index contributed by atoms with van der Waals surface area (Å²) in [5.41, 5.74) is 2.31. The maximum atomic E-state index is 12.6. The molecule has 132 valence electrons. The average Bonchev–Trinajstić information content (AvgIpc) is 2.90. The zero-order chi connectivity index (χ0) is 18.0. The molecule has 1 aliphatic rings. The minimum absolute atomic E-state index is 0.0149. The summed E-state index contributed by atoms with van der Waals surface area (Å²) in [7, 11) is 0. The maximum absolute atomic E-state index is 12.6. The predicted molar refractivity (Wildman–Crippen MR) is 99.0 cm³/mol. The second-order valence-corrected chi connectivity index (χ2v) is 7.59. The van der Waals surface area contributed by atoms with Gasteiger partial charge in [0.25, 0.3) is 0 Å². The van der Waals surface area contributed by atoms with Gasteiger partial charge in [0.15, 0.2) is 5.82 Å². The summed E-state index contributed by atoms with van der Waals surface area (Å²) >= 11 is 0. The van der Waals surface area contributed by atoms with Crippen LogP contribution in [0, 0.1) is 17.3 Å². The number of hydrogen-bond acceptors (Lipinski definition) is 3. The molecule has 1 N–H and O–H groups in total. The molecule has 1 aliphatic carbocycles. The monoisotopic (exact) mass is 338 g/mol. The third-order valence-corrected chi connectivity index (χ3v) is 4.92. The van der Waals surface area contributed by atoms with E-state index in [1.807, 2.05) is 35.1 Å². The van der Waals surface area contributed by atoms with Crippen LogP contribution in [0.2, 0.25) is 0 Å². The number of pyridine rings is 1. The van der Waals surface area contributed by atoms with Crippen LogP contribution >= 0.6 is 0 Å². The minimum Gasteiger partial charge on any atom is -0.309 e. The van der Waals surface area contributed by atoms with Gasteiger partial charge in [-0.3, -0.25) is 14.5 Å². The van der Waals surface area contributed by atoms with Gasteiger partial charge in [0.05, 0.1) is 5.92 Å². The molecule has 1 amide bonds. The molecule has 2 aromatic heterocycles. The maximum Gasteiger partial charge on any atom is 0.229 e. The van der Waals surface area contributed by atoms with Crippen LogP contribution in [0.15, 0.2) is 48.3 Å². The number of anilines is 1. The summed E-state index contributed by atoms with van der Waals surface area (Å²) < 4.78 is 1.84. The first-order valence-electron chi connectivity index (χ1n) is 8.77. The molecular formula is C20H26N4O. The number of nitrogens with zero attached hydrogens (tertiary/aromatic N) is 3. The van der Waals surface area contributed by atoms with Crippen LogP contribution in [0.25, 0.3) is 0 Å². The number of nitrogens with one attached hydrogen (secondary N) is 1. The number of aryl methyl sites for hydroxylation is 2. The SMILES string of the molecule is CC(C)=C[C@@H]1[C@H](C(=O)Nc2ccn(CCc3ccccn3)n2)C1(C)C. The number of hydrogen-bond donors (Lipinski definition) is 1. The Bertz CT molecular complexity index is 772. The summed E-state index contributed by atoms with van der Waals surface area (Å²) in [5, 5.41) is 7.42. The van der Waals surface area contributed by atoms with Crippen molar-refractivity contribution in [3.8, 4) is 0 Å². The number of carbonyl (C=O) groups is 1. The van der Waals surface area contributed by atoms with Crippen LogP contribution in [0.3, 0.4) is 0 Å². The molecule has 0 aliphatic heterocycles. The normalized spacial score (nSPS) is 20.8. The van der Waals surface area contributed by atoms with Crippen LogP contribution in [-0.2, 0) is 17.8 Å². The van der Waals surface area contributed by atoms with Gasteiger partial charge in [-0.25, -0.2) is 0 Å². The third kappa shape index (κ3) is 3.98. The van der Waals surface area contributed by atoms with Gasteiger partial charge in [-0.2, -0.15) is 5.10 Å². The predicted octanol–water partition coefficient (Wildman–Crippen LogP) is 3.70. The number of allylic oxidation sites excluding steroid dienone is 2. The van der Waals surface area contributed by atoms with Crippen LogP contribution < -0.4 is 5.32 Å². The van der Waals surface area contributed by atoms with E-state index >= 15 is 0 Å². The first-order chi connectivity index (χ1) is 11.9. The molecule has 0 radical (unpaired) electrons. The average molecular weight is 338 g/mol. The molecule has 1 fully saturated rings. The number of carbonyl (C=O) groups excluding carboxylic acids is 1. The lowest BCUT2D eigenvalue weighted by atomic mass is 10.1. The van der Waals surface area contributed by atoms with Crippen LogP contribution in [0.1, 0.15) is 33.4 Å². The van der Waals surface area contributed by atoms with Gasteiger partial charge in [0.2, 0.25) is 5.91 Å². The number of rotatable bonds is 6. The zero-order valence-electron chi connectivity index (χ0n) is 15.4. The Hall–Kier alpha value is -2.43. The first kappa shape index (κ1) is 17.4. The summed E-state index contributed by atoms with van der Waals surface area (Å²) in [6.45, 7) is 9.18. The second kappa shape index (κ2) is 6.82. The Morgan fingerprint density at radius 3 is 2.80 bits per heavy atom. The van der Waals surface area contributed by atoms with Crippen molar-refractivity contribution in [3.63, 3.8) is 0 Å². The van der Waals surface area contributed by atoms with Gasteiger partial charge in [0.1, 0.15) is 0 Å². The van der Waals surface area contributed by atoms with Crippen molar-refractivity contribution in [2.75, 3.05) is 5.32 Å². The topological polar surface area (TPSA) is 59.8 Å². The highest BCUT2D eigenvalue weighted by Crippen LogP contribution is 2.59.